The van der Waals surface area contributed by atoms with E-state index in [9.17, 15) is 22.4 Å². The van der Waals surface area contributed by atoms with E-state index in [1.165, 1.54) is 22.5 Å². The molecule has 10 heteroatoms. The van der Waals surface area contributed by atoms with Crippen molar-refractivity contribution >= 4 is 21.8 Å². The van der Waals surface area contributed by atoms with E-state index < -0.39 is 27.8 Å². The molecule has 2 amide bonds. The molecule has 0 spiro atoms. The summed E-state index contributed by atoms with van der Waals surface area (Å²) in [4.78, 5) is 27.9. The van der Waals surface area contributed by atoms with Gasteiger partial charge < -0.3 is 10.6 Å². The zero-order valence-corrected chi connectivity index (χ0v) is 18.3. The molecule has 4 rings (SSSR count). The topological polar surface area (TPSA) is 104 Å². The number of carbonyl (C=O) groups excluding carboxylic acids is 2. The van der Waals surface area contributed by atoms with Crippen molar-refractivity contribution in [2.24, 2.45) is 5.73 Å². The Hall–Kier alpha value is -2.82. The molecule has 2 N–H and O–H groups in total. The number of halogens is 1. The lowest BCUT2D eigenvalue weighted by Crippen LogP contribution is -2.55. The van der Waals surface area contributed by atoms with Crippen LogP contribution in [0.3, 0.4) is 0 Å². The molecule has 8 nitrogen and oxygen atoms in total. The number of piperazine rings is 1. The normalized spacial score (nSPS) is 20.0. The molecule has 0 aromatic heterocycles. The first-order chi connectivity index (χ1) is 15.3. The number of nitrogens with zero attached hydrogens (tertiary/aromatic N) is 3. The van der Waals surface area contributed by atoms with E-state index in [1.54, 1.807) is 9.80 Å². The van der Waals surface area contributed by atoms with Crippen molar-refractivity contribution in [3.05, 3.63) is 65.5 Å². The van der Waals surface area contributed by atoms with Gasteiger partial charge in [0.2, 0.25) is 21.8 Å². The fraction of sp³-hybridized carbons (Fsp3) is 0.364. The maximum atomic E-state index is 14.0. The second-order valence-electron chi connectivity index (χ2n) is 8.01. The minimum Gasteiger partial charge on any atom is -0.368 e. The molecule has 2 aromatic rings. The van der Waals surface area contributed by atoms with Gasteiger partial charge in [0, 0.05) is 32.7 Å². The smallest absolute Gasteiger partial charge is 0.246 e. The van der Waals surface area contributed by atoms with E-state index in [-0.39, 0.29) is 43.5 Å². The van der Waals surface area contributed by atoms with Gasteiger partial charge in [-0.25, -0.2) is 12.8 Å². The molecule has 2 aromatic carbocycles. The highest BCUT2D eigenvalue weighted by Gasteiger charge is 2.35. The summed E-state index contributed by atoms with van der Waals surface area (Å²) in [6, 6.07) is 12.4. The molecular weight excluding hydrogens is 435 g/mol. The number of sulfonamides is 1. The van der Waals surface area contributed by atoms with Crippen molar-refractivity contribution in [2.45, 2.75) is 23.9 Å². The van der Waals surface area contributed by atoms with E-state index in [2.05, 4.69) is 0 Å². The third-order valence-electron chi connectivity index (χ3n) is 6.06. The quantitative estimate of drug-likeness (QED) is 0.703. The number of benzene rings is 2. The summed E-state index contributed by atoms with van der Waals surface area (Å²) >= 11 is 0. The van der Waals surface area contributed by atoms with Gasteiger partial charge in [-0.05, 0) is 29.7 Å². The Bertz CT molecular complexity index is 1130. The van der Waals surface area contributed by atoms with Crippen molar-refractivity contribution in [1.82, 2.24) is 14.1 Å². The summed E-state index contributed by atoms with van der Waals surface area (Å²) < 4.78 is 40.7. The average Bonchev–Trinajstić information content (AvgIpc) is 2.78. The highest BCUT2D eigenvalue weighted by molar-refractivity contribution is 7.89. The number of hydrogen-bond donors (Lipinski definition) is 1. The Morgan fingerprint density at radius 3 is 2.25 bits per heavy atom. The van der Waals surface area contributed by atoms with Gasteiger partial charge >= 0.3 is 0 Å². The predicted molar refractivity (Wildman–Crippen MR) is 115 cm³/mol. The van der Waals surface area contributed by atoms with Crippen LogP contribution in [0.2, 0.25) is 0 Å². The lowest BCUT2D eigenvalue weighted by molar-refractivity contribution is -0.136. The van der Waals surface area contributed by atoms with Crippen LogP contribution in [0.4, 0.5) is 4.39 Å². The number of nitrogens with two attached hydrogens (primary N) is 1. The summed E-state index contributed by atoms with van der Waals surface area (Å²) in [5, 5.41) is 0. The first-order valence-corrected chi connectivity index (χ1v) is 11.8. The van der Waals surface area contributed by atoms with Crippen molar-refractivity contribution < 1.29 is 22.4 Å². The Balaban J connectivity index is 1.40. The Labute approximate surface area is 186 Å². The Kier molecular flexibility index (Phi) is 6.27. The predicted octanol–water partition coefficient (Wildman–Crippen LogP) is 0.571. The zero-order chi connectivity index (χ0) is 22.9. The number of amides is 2. The molecule has 0 aliphatic carbocycles. The maximum absolute atomic E-state index is 14.0. The van der Waals surface area contributed by atoms with Gasteiger partial charge in [-0.3, -0.25) is 14.5 Å². The number of rotatable bonds is 5. The largest absolute Gasteiger partial charge is 0.368 e. The maximum Gasteiger partial charge on any atom is 0.246 e. The highest BCUT2D eigenvalue weighted by Crippen LogP contribution is 2.24. The van der Waals surface area contributed by atoms with Crippen LogP contribution in [0, 0.1) is 5.82 Å². The Morgan fingerprint density at radius 2 is 1.59 bits per heavy atom. The van der Waals surface area contributed by atoms with Gasteiger partial charge in [0.05, 0.1) is 12.6 Å². The van der Waals surface area contributed by atoms with E-state index in [0.717, 1.165) is 17.2 Å². The summed E-state index contributed by atoms with van der Waals surface area (Å²) in [6.45, 7) is 0.991. The van der Waals surface area contributed by atoms with Crippen LogP contribution in [0.15, 0.2) is 53.4 Å². The lowest BCUT2D eigenvalue weighted by Gasteiger charge is -2.38. The minimum atomic E-state index is -3.97. The van der Waals surface area contributed by atoms with E-state index in [0.29, 0.717) is 13.0 Å². The molecule has 32 heavy (non-hydrogen) atoms. The molecule has 0 unspecified atom stereocenters. The van der Waals surface area contributed by atoms with Gasteiger partial charge in [0.15, 0.2) is 0 Å². The standard InChI is InChI=1S/C22H25FN4O4S/c23-18-7-3-4-8-20(18)32(30,31)27-11-9-25(10-12-27)21(28)15-26-14-17-6-2-1-5-16(17)13-19(26)22(24)29/h1-8,19H,9-15H2,(H2,24,29)/t19-/m0/s1. The molecule has 2 aliphatic heterocycles. The van der Waals surface area contributed by atoms with Gasteiger partial charge in [-0.1, -0.05) is 36.4 Å². The fourth-order valence-corrected chi connectivity index (χ4v) is 5.76. The molecule has 1 saturated heterocycles. The molecule has 2 heterocycles. The van der Waals surface area contributed by atoms with Crippen LogP contribution >= 0.6 is 0 Å². The van der Waals surface area contributed by atoms with E-state index in [4.69, 9.17) is 5.73 Å². The zero-order valence-electron chi connectivity index (χ0n) is 17.5. The van der Waals surface area contributed by atoms with Crippen LogP contribution < -0.4 is 5.73 Å². The average molecular weight is 461 g/mol. The second-order valence-corrected chi connectivity index (χ2v) is 9.92. The molecule has 0 bridgehead atoms. The van der Waals surface area contributed by atoms with Gasteiger partial charge in [0.1, 0.15) is 10.7 Å². The third kappa shape index (κ3) is 4.38. The monoisotopic (exact) mass is 460 g/mol. The van der Waals surface area contributed by atoms with Crippen LogP contribution in [0.5, 0.6) is 0 Å². The summed E-state index contributed by atoms with van der Waals surface area (Å²) in [7, 11) is -3.97. The third-order valence-corrected chi connectivity index (χ3v) is 7.99. The molecular formula is C22H25FN4O4S. The van der Waals surface area contributed by atoms with E-state index in [1.807, 2.05) is 24.3 Å². The van der Waals surface area contributed by atoms with Crippen LogP contribution in [0.25, 0.3) is 0 Å². The van der Waals surface area contributed by atoms with Crippen LogP contribution in [-0.2, 0) is 32.6 Å². The molecule has 1 fully saturated rings. The van der Waals surface area contributed by atoms with Crippen LogP contribution in [-0.4, -0.2) is 73.1 Å². The fourth-order valence-electron chi connectivity index (χ4n) is 4.27. The minimum absolute atomic E-state index is 0.0159. The molecule has 1 atom stereocenters. The number of primary amides is 1. The number of fused-ring (bicyclic) bond motifs is 1. The summed E-state index contributed by atoms with van der Waals surface area (Å²) in [6.07, 6.45) is 0.452. The van der Waals surface area contributed by atoms with Gasteiger partial charge in [-0.2, -0.15) is 4.31 Å². The second kappa shape index (κ2) is 8.97. The molecule has 170 valence electrons. The van der Waals surface area contributed by atoms with Crippen LogP contribution in [0.1, 0.15) is 11.1 Å². The SMILES string of the molecule is NC(=O)[C@@H]1Cc2ccccc2CN1CC(=O)N1CCN(S(=O)(=O)c2ccccc2F)CC1. The van der Waals surface area contributed by atoms with Crippen molar-refractivity contribution in [2.75, 3.05) is 32.7 Å². The Morgan fingerprint density at radius 1 is 0.969 bits per heavy atom. The summed E-state index contributed by atoms with van der Waals surface area (Å²) in [5.74, 6) is -1.47. The van der Waals surface area contributed by atoms with Gasteiger partial charge in [0.25, 0.3) is 0 Å². The summed E-state index contributed by atoms with van der Waals surface area (Å²) in [5.41, 5.74) is 7.70. The first-order valence-electron chi connectivity index (χ1n) is 10.4. The number of hydrogen-bond acceptors (Lipinski definition) is 5. The van der Waals surface area contributed by atoms with E-state index >= 15 is 0 Å². The van der Waals surface area contributed by atoms with Crippen molar-refractivity contribution in [3.8, 4) is 0 Å². The highest BCUT2D eigenvalue weighted by atomic mass is 32.2. The van der Waals surface area contributed by atoms with Crippen molar-refractivity contribution in [1.29, 1.82) is 0 Å². The number of carbonyl (C=O) groups is 2. The van der Waals surface area contributed by atoms with Gasteiger partial charge in [-0.15, -0.1) is 0 Å². The first kappa shape index (κ1) is 22.4. The van der Waals surface area contributed by atoms with Crippen molar-refractivity contribution in [3.63, 3.8) is 0 Å². The lowest BCUT2D eigenvalue weighted by atomic mass is 9.93. The molecule has 0 saturated carbocycles. The molecule has 2 aliphatic rings. The molecule has 0 radical (unpaired) electrons.